The minimum atomic E-state index is -1.01. The van der Waals surface area contributed by atoms with Gasteiger partial charge in [-0.1, -0.05) is 0 Å². The summed E-state index contributed by atoms with van der Waals surface area (Å²) in [7, 11) is 1.42. The molecule has 0 radical (unpaired) electrons. The Hall–Kier alpha value is -3.35. The van der Waals surface area contributed by atoms with E-state index in [1.165, 1.54) is 7.11 Å². The van der Waals surface area contributed by atoms with Crippen molar-refractivity contribution in [3.8, 4) is 11.5 Å². The maximum atomic E-state index is 12.7. The first-order valence-corrected chi connectivity index (χ1v) is 7.87. The molecule has 0 saturated carbocycles. The number of benzene rings is 2. The van der Waals surface area contributed by atoms with Gasteiger partial charge >= 0.3 is 5.97 Å². The number of methoxy groups -OCH3 is 1. The quantitative estimate of drug-likeness (QED) is 0.844. The lowest BCUT2D eigenvalue weighted by molar-refractivity contribution is -0.136. The Labute approximate surface area is 147 Å². The third-order valence-electron chi connectivity index (χ3n) is 4.56. The van der Waals surface area contributed by atoms with Crippen LogP contribution in [-0.4, -0.2) is 36.5 Å². The lowest BCUT2D eigenvalue weighted by Crippen LogP contribution is -2.20. The molecule has 0 atom stereocenters. The maximum absolute atomic E-state index is 12.7. The number of fused-ring (bicyclic) bond motifs is 5. The van der Waals surface area contributed by atoms with Gasteiger partial charge in [0.25, 0.3) is 0 Å². The number of aryl methyl sites for hydroxylation is 1. The van der Waals surface area contributed by atoms with Crippen molar-refractivity contribution in [1.29, 1.82) is 0 Å². The zero-order valence-electron chi connectivity index (χ0n) is 14.0. The first-order chi connectivity index (χ1) is 12.4. The Balaban J connectivity index is 2.19. The Kier molecular flexibility index (Phi) is 3.47. The normalized spacial score (nSPS) is 15.1. The second kappa shape index (κ2) is 5.59. The van der Waals surface area contributed by atoms with Gasteiger partial charge in [-0.2, -0.15) is 0 Å². The Bertz CT molecular complexity index is 1050. The molecule has 0 bridgehead atoms. The molecule has 0 aromatic heterocycles. The molecule has 2 aromatic rings. The molecule has 0 fully saturated rings. The number of hydrogen-bond donors (Lipinski definition) is 1. The predicted octanol–water partition coefficient (Wildman–Crippen LogP) is 2.26. The number of ketones is 2. The van der Waals surface area contributed by atoms with Crippen molar-refractivity contribution in [1.82, 2.24) is 0 Å². The first-order valence-electron chi connectivity index (χ1n) is 7.87. The van der Waals surface area contributed by atoms with Crippen LogP contribution < -0.4 is 9.47 Å². The van der Waals surface area contributed by atoms with Crippen LogP contribution in [0.3, 0.4) is 0 Å². The average molecular weight is 354 g/mol. The highest BCUT2D eigenvalue weighted by Gasteiger charge is 2.33. The number of Topliss-reactive ketones (excluding diaryl/α,β-unsaturated/α-hetero) is 1. The van der Waals surface area contributed by atoms with Crippen LogP contribution in [0.1, 0.15) is 27.0 Å². The Morgan fingerprint density at radius 2 is 2.00 bits per heavy atom. The molecule has 0 saturated heterocycles. The number of aliphatic carboxylic acids is 1. The van der Waals surface area contributed by atoms with Gasteiger partial charge in [0, 0.05) is 22.6 Å². The number of ether oxygens (including phenoxy) is 3. The number of carbonyl (C=O) groups is 3. The molecular weight excluding hydrogens is 340 g/mol. The SMILES string of the molecule is COC1=CC(=O)C(=O)c2c1cc(C)c1c(CC(=O)O)cc3c(c21)OCO3. The maximum Gasteiger partial charge on any atom is 0.307 e. The van der Waals surface area contributed by atoms with Gasteiger partial charge in [0.1, 0.15) is 5.76 Å². The van der Waals surface area contributed by atoms with Crippen molar-refractivity contribution in [2.75, 3.05) is 13.9 Å². The highest BCUT2D eigenvalue weighted by Crippen LogP contribution is 2.46. The van der Waals surface area contributed by atoms with Crippen molar-refractivity contribution in [2.45, 2.75) is 13.3 Å². The van der Waals surface area contributed by atoms with Crippen molar-refractivity contribution in [2.24, 2.45) is 0 Å². The van der Waals surface area contributed by atoms with E-state index in [4.69, 9.17) is 14.2 Å². The summed E-state index contributed by atoms with van der Waals surface area (Å²) in [6.07, 6.45) is 0.913. The van der Waals surface area contributed by atoms with Crippen LogP contribution in [0.15, 0.2) is 18.2 Å². The summed E-state index contributed by atoms with van der Waals surface area (Å²) in [4.78, 5) is 36.1. The number of rotatable bonds is 3. The van der Waals surface area contributed by atoms with Crippen molar-refractivity contribution in [3.63, 3.8) is 0 Å². The van der Waals surface area contributed by atoms with E-state index >= 15 is 0 Å². The predicted molar refractivity (Wildman–Crippen MR) is 90.5 cm³/mol. The lowest BCUT2D eigenvalue weighted by Gasteiger charge is -2.21. The summed E-state index contributed by atoms with van der Waals surface area (Å²) in [6, 6.07) is 3.34. The van der Waals surface area contributed by atoms with E-state index in [0.29, 0.717) is 33.4 Å². The van der Waals surface area contributed by atoms with E-state index in [2.05, 4.69) is 0 Å². The number of carboxylic acids is 1. The smallest absolute Gasteiger partial charge is 0.307 e. The highest BCUT2D eigenvalue weighted by molar-refractivity contribution is 6.52. The van der Waals surface area contributed by atoms with E-state index in [1.54, 1.807) is 12.1 Å². The average Bonchev–Trinajstić information content (AvgIpc) is 3.05. The Morgan fingerprint density at radius 3 is 2.69 bits per heavy atom. The van der Waals surface area contributed by atoms with E-state index in [1.807, 2.05) is 6.92 Å². The second-order valence-corrected chi connectivity index (χ2v) is 6.11. The van der Waals surface area contributed by atoms with E-state index in [-0.39, 0.29) is 24.5 Å². The van der Waals surface area contributed by atoms with E-state index < -0.39 is 17.5 Å². The number of carbonyl (C=O) groups excluding carboxylic acids is 2. The highest BCUT2D eigenvalue weighted by atomic mass is 16.7. The number of carboxylic acid groups (broad SMARTS) is 1. The fourth-order valence-electron chi connectivity index (χ4n) is 3.57. The van der Waals surface area contributed by atoms with Gasteiger partial charge < -0.3 is 19.3 Å². The molecule has 0 unspecified atom stereocenters. The monoisotopic (exact) mass is 354 g/mol. The molecular formula is C19H14O7. The molecule has 0 amide bonds. The van der Waals surface area contributed by atoms with Crippen molar-refractivity contribution in [3.05, 3.63) is 40.5 Å². The standard InChI is InChI=1S/C19H14O7/c1-8-3-10-12(24-2)6-11(20)18(23)16(10)17-15(8)9(5-14(21)22)4-13-19(17)26-7-25-13/h3-4,6H,5,7H2,1-2H3,(H,21,22). The molecule has 7 nitrogen and oxygen atoms in total. The minimum absolute atomic E-state index is 0.0429. The third-order valence-corrected chi connectivity index (χ3v) is 4.56. The summed E-state index contributed by atoms with van der Waals surface area (Å²) in [5.41, 5.74) is 1.88. The fourth-order valence-corrected chi connectivity index (χ4v) is 3.57. The minimum Gasteiger partial charge on any atom is -0.496 e. The molecule has 1 N–H and O–H groups in total. The summed E-state index contributed by atoms with van der Waals surface area (Å²) >= 11 is 0. The summed E-state index contributed by atoms with van der Waals surface area (Å²) in [6.45, 7) is 1.77. The second-order valence-electron chi connectivity index (χ2n) is 6.11. The summed E-state index contributed by atoms with van der Waals surface area (Å²) in [5, 5.41) is 10.2. The van der Waals surface area contributed by atoms with Gasteiger partial charge in [-0.3, -0.25) is 14.4 Å². The molecule has 4 rings (SSSR count). The van der Waals surface area contributed by atoms with Crippen molar-refractivity contribution >= 4 is 34.1 Å². The molecule has 132 valence electrons. The van der Waals surface area contributed by atoms with Crippen LogP contribution in [-0.2, 0) is 20.7 Å². The van der Waals surface area contributed by atoms with Gasteiger partial charge in [-0.15, -0.1) is 0 Å². The van der Waals surface area contributed by atoms with Crippen LogP contribution in [0.25, 0.3) is 16.5 Å². The van der Waals surface area contributed by atoms with Gasteiger partial charge in [0.15, 0.2) is 11.5 Å². The van der Waals surface area contributed by atoms with Crippen LogP contribution in [0.5, 0.6) is 11.5 Å². The van der Waals surface area contributed by atoms with Crippen LogP contribution in [0.2, 0.25) is 0 Å². The van der Waals surface area contributed by atoms with Crippen LogP contribution >= 0.6 is 0 Å². The topological polar surface area (TPSA) is 99.1 Å². The van der Waals surface area contributed by atoms with Gasteiger partial charge in [0.05, 0.1) is 13.5 Å². The van der Waals surface area contributed by atoms with Crippen LogP contribution in [0, 0.1) is 6.92 Å². The summed E-state index contributed by atoms with van der Waals surface area (Å²) in [5.74, 6) is -1.41. The van der Waals surface area contributed by atoms with E-state index in [9.17, 15) is 19.5 Å². The zero-order valence-corrected chi connectivity index (χ0v) is 14.0. The van der Waals surface area contributed by atoms with Crippen LogP contribution in [0.4, 0.5) is 0 Å². The van der Waals surface area contributed by atoms with E-state index in [0.717, 1.165) is 11.6 Å². The first kappa shape index (κ1) is 16.1. The molecule has 7 heteroatoms. The number of allylic oxidation sites excluding steroid dienone is 1. The fraction of sp³-hybridized carbons (Fsp3) is 0.211. The molecule has 2 aromatic carbocycles. The lowest BCUT2D eigenvalue weighted by atomic mass is 9.84. The molecule has 26 heavy (non-hydrogen) atoms. The van der Waals surface area contributed by atoms with Crippen molar-refractivity contribution < 1.29 is 33.7 Å². The molecule has 1 aliphatic heterocycles. The summed E-state index contributed by atoms with van der Waals surface area (Å²) < 4.78 is 16.2. The number of hydrogen-bond acceptors (Lipinski definition) is 6. The zero-order chi connectivity index (χ0) is 18.6. The Morgan fingerprint density at radius 1 is 1.23 bits per heavy atom. The molecule has 0 spiro atoms. The third kappa shape index (κ3) is 2.17. The molecule has 1 heterocycles. The van der Waals surface area contributed by atoms with Gasteiger partial charge in [0.2, 0.25) is 18.4 Å². The molecule has 2 aliphatic rings. The largest absolute Gasteiger partial charge is 0.496 e. The van der Waals surface area contributed by atoms with Gasteiger partial charge in [-0.05, 0) is 35.6 Å². The van der Waals surface area contributed by atoms with Gasteiger partial charge in [-0.25, -0.2) is 0 Å². The molecule has 1 aliphatic carbocycles.